The second-order valence-corrected chi connectivity index (χ2v) is 5.62. The van der Waals surface area contributed by atoms with Crippen molar-refractivity contribution in [3.8, 4) is 11.8 Å². The number of ether oxygens (including phenoxy) is 1. The molecule has 2 amide bonds. The number of hydrogen-bond acceptors (Lipinski definition) is 4. The van der Waals surface area contributed by atoms with Gasteiger partial charge in [0, 0.05) is 19.5 Å². The molecule has 2 rings (SSSR count). The molecule has 0 radical (unpaired) electrons. The van der Waals surface area contributed by atoms with Crippen LogP contribution in [0.5, 0.6) is 5.75 Å². The topological polar surface area (TPSA) is 82.4 Å². The quantitative estimate of drug-likeness (QED) is 0.861. The summed E-state index contributed by atoms with van der Waals surface area (Å²) in [5.41, 5.74) is 0.990. The molecule has 1 heterocycles. The second-order valence-electron chi connectivity index (χ2n) is 5.62. The van der Waals surface area contributed by atoms with Crippen molar-refractivity contribution >= 4 is 11.8 Å². The first-order valence-electron chi connectivity index (χ1n) is 7.68. The maximum Gasteiger partial charge on any atom is 0.226 e. The summed E-state index contributed by atoms with van der Waals surface area (Å²) in [6.07, 6.45) is 0.752. The first-order chi connectivity index (χ1) is 11.1. The van der Waals surface area contributed by atoms with E-state index in [1.807, 2.05) is 37.3 Å². The Bertz CT molecular complexity index is 607. The monoisotopic (exact) mass is 315 g/mol. The summed E-state index contributed by atoms with van der Waals surface area (Å²) >= 11 is 0. The molecule has 0 bridgehead atoms. The van der Waals surface area contributed by atoms with E-state index >= 15 is 0 Å². The highest BCUT2D eigenvalue weighted by molar-refractivity contribution is 5.89. The molecular weight excluding hydrogens is 294 g/mol. The van der Waals surface area contributed by atoms with Crippen LogP contribution in [0.1, 0.15) is 25.3 Å². The Morgan fingerprint density at radius 2 is 2.17 bits per heavy atom. The number of nitrogens with zero attached hydrogens (tertiary/aromatic N) is 2. The van der Waals surface area contributed by atoms with Crippen LogP contribution in [0, 0.1) is 17.2 Å². The molecule has 6 heteroatoms. The summed E-state index contributed by atoms with van der Waals surface area (Å²) in [5.74, 6) is 0.124. The Balaban J connectivity index is 1.94. The lowest BCUT2D eigenvalue weighted by molar-refractivity contribution is -0.129. The van der Waals surface area contributed by atoms with Crippen LogP contribution in [0.25, 0.3) is 0 Å². The van der Waals surface area contributed by atoms with Crippen LogP contribution in [0.3, 0.4) is 0 Å². The Morgan fingerprint density at radius 1 is 1.48 bits per heavy atom. The fourth-order valence-electron chi connectivity index (χ4n) is 2.57. The molecule has 1 fully saturated rings. The predicted octanol–water partition coefficient (Wildman–Crippen LogP) is 1.46. The zero-order valence-electron chi connectivity index (χ0n) is 13.4. The number of nitriles is 1. The Labute approximate surface area is 136 Å². The summed E-state index contributed by atoms with van der Waals surface area (Å²) in [6, 6.07) is 9.05. The molecule has 1 aromatic rings. The zero-order chi connectivity index (χ0) is 16.8. The highest BCUT2D eigenvalue weighted by Crippen LogP contribution is 2.21. The van der Waals surface area contributed by atoms with Gasteiger partial charge < -0.3 is 15.0 Å². The molecule has 0 aromatic heterocycles. The number of methoxy groups -OCH3 is 1. The molecule has 2 atom stereocenters. The number of benzene rings is 1. The van der Waals surface area contributed by atoms with Gasteiger partial charge in [-0.2, -0.15) is 5.26 Å². The first kappa shape index (κ1) is 16.8. The molecular formula is C17H21N3O3. The van der Waals surface area contributed by atoms with Crippen LogP contribution in [-0.2, 0) is 16.1 Å². The number of rotatable bonds is 6. The van der Waals surface area contributed by atoms with E-state index in [4.69, 9.17) is 10.00 Å². The summed E-state index contributed by atoms with van der Waals surface area (Å²) in [6.45, 7) is 2.70. The van der Waals surface area contributed by atoms with Gasteiger partial charge in [0.15, 0.2) is 0 Å². The van der Waals surface area contributed by atoms with Crippen LogP contribution in [-0.4, -0.2) is 36.4 Å². The molecule has 1 N–H and O–H groups in total. The minimum absolute atomic E-state index is 0.0361. The molecule has 1 aliphatic heterocycles. The van der Waals surface area contributed by atoms with Crippen LogP contribution in [0.2, 0.25) is 0 Å². The summed E-state index contributed by atoms with van der Waals surface area (Å²) in [5, 5.41) is 11.6. The normalized spacial score (nSPS) is 18.4. The van der Waals surface area contributed by atoms with Gasteiger partial charge >= 0.3 is 0 Å². The van der Waals surface area contributed by atoms with E-state index in [-0.39, 0.29) is 24.2 Å². The molecule has 1 saturated heterocycles. The molecule has 1 aliphatic rings. The molecule has 0 unspecified atom stereocenters. The number of hydrogen-bond donors (Lipinski definition) is 1. The lowest BCUT2D eigenvalue weighted by Crippen LogP contribution is -2.38. The maximum atomic E-state index is 12.1. The van der Waals surface area contributed by atoms with Gasteiger partial charge in [0.2, 0.25) is 11.8 Å². The van der Waals surface area contributed by atoms with Gasteiger partial charge in [-0.3, -0.25) is 9.59 Å². The fourth-order valence-corrected chi connectivity index (χ4v) is 2.57. The minimum atomic E-state index is -0.492. The number of nitrogens with one attached hydrogen (secondary N) is 1. The number of carbonyl (C=O) groups excluding carboxylic acids is 2. The lowest BCUT2D eigenvalue weighted by atomic mass is 10.1. The van der Waals surface area contributed by atoms with Crippen molar-refractivity contribution in [2.75, 3.05) is 13.7 Å². The summed E-state index contributed by atoms with van der Waals surface area (Å²) in [7, 11) is 1.60. The van der Waals surface area contributed by atoms with Crippen LogP contribution < -0.4 is 10.1 Å². The molecule has 6 nitrogen and oxygen atoms in total. The van der Waals surface area contributed by atoms with E-state index in [2.05, 4.69) is 5.32 Å². The maximum absolute atomic E-state index is 12.1. The minimum Gasteiger partial charge on any atom is -0.497 e. The van der Waals surface area contributed by atoms with Crippen LogP contribution in [0.4, 0.5) is 0 Å². The van der Waals surface area contributed by atoms with E-state index in [0.29, 0.717) is 19.5 Å². The average molecular weight is 315 g/mol. The van der Waals surface area contributed by atoms with Crippen molar-refractivity contribution < 1.29 is 14.3 Å². The third kappa shape index (κ3) is 4.22. The van der Waals surface area contributed by atoms with E-state index in [1.165, 1.54) is 0 Å². The van der Waals surface area contributed by atoms with Gasteiger partial charge in [0.1, 0.15) is 11.8 Å². The summed E-state index contributed by atoms with van der Waals surface area (Å²) < 4.78 is 5.11. The van der Waals surface area contributed by atoms with Gasteiger partial charge in [-0.15, -0.1) is 0 Å². The average Bonchev–Trinajstić information content (AvgIpc) is 2.94. The highest BCUT2D eigenvalue weighted by Gasteiger charge is 2.34. The highest BCUT2D eigenvalue weighted by atomic mass is 16.5. The molecule has 1 aromatic carbocycles. The van der Waals surface area contributed by atoms with Gasteiger partial charge in [-0.05, 0) is 24.1 Å². The van der Waals surface area contributed by atoms with Crippen molar-refractivity contribution in [2.24, 2.45) is 5.92 Å². The SMILES string of the molecule is CC[C@H](C#N)NC(=O)[C@H]1CC(=O)N(Cc2ccc(OC)cc2)C1. The molecule has 0 aliphatic carbocycles. The Kier molecular flexibility index (Phi) is 5.58. The van der Waals surface area contributed by atoms with Gasteiger partial charge in [0.05, 0.1) is 19.1 Å². The second kappa shape index (κ2) is 7.63. The van der Waals surface area contributed by atoms with E-state index < -0.39 is 6.04 Å². The van der Waals surface area contributed by atoms with E-state index in [0.717, 1.165) is 11.3 Å². The van der Waals surface area contributed by atoms with E-state index in [1.54, 1.807) is 12.0 Å². The molecule has 122 valence electrons. The molecule has 0 spiro atoms. The number of likely N-dealkylation sites (tertiary alicyclic amines) is 1. The first-order valence-corrected chi connectivity index (χ1v) is 7.68. The molecule has 23 heavy (non-hydrogen) atoms. The van der Waals surface area contributed by atoms with E-state index in [9.17, 15) is 9.59 Å². The number of amides is 2. The van der Waals surface area contributed by atoms with Gasteiger partial charge in [0.25, 0.3) is 0 Å². The van der Waals surface area contributed by atoms with Crippen molar-refractivity contribution in [1.82, 2.24) is 10.2 Å². The van der Waals surface area contributed by atoms with Crippen molar-refractivity contribution in [2.45, 2.75) is 32.4 Å². The Hall–Kier alpha value is -2.55. The smallest absolute Gasteiger partial charge is 0.226 e. The predicted molar refractivity (Wildman–Crippen MR) is 84.4 cm³/mol. The van der Waals surface area contributed by atoms with Gasteiger partial charge in [-0.1, -0.05) is 19.1 Å². The third-order valence-corrected chi connectivity index (χ3v) is 4.00. The third-order valence-electron chi connectivity index (χ3n) is 4.00. The van der Waals surface area contributed by atoms with Crippen molar-refractivity contribution in [1.29, 1.82) is 5.26 Å². The van der Waals surface area contributed by atoms with Gasteiger partial charge in [-0.25, -0.2) is 0 Å². The summed E-state index contributed by atoms with van der Waals surface area (Å²) in [4.78, 5) is 25.9. The molecule has 0 saturated carbocycles. The standard InChI is InChI=1S/C17H21N3O3/c1-3-14(9-18)19-17(22)13-8-16(21)20(11-13)10-12-4-6-15(23-2)7-5-12/h4-7,13-14H,3,8,10-11H2,1-2H3,(H,19,22)/t13-,14+/m0/s1. The fraction of sp³-hybridized carbons (Fsp3) is 0.471. The van der Waals surface area contributed by atoms with Crippen LogP contribution in [0.15, 0.2) is 24.3 Å². The Morgan fingerprint density at radius 3 is 2.74 bits per heavy atom. The van der Waals surface area contributed by atoms with Crippen molar-refractivity contribution in [3.63, 3.8) is 0 Å². The van der Waals surface area contributed by atoms with Crippen LogP contribution >= 0.6 is 0 Å². The largest absolute Gasteiger partial charge is 0.497 e. The lowest BCUT2D eigenvalue weighted by Gasteiger charge is -2.17. The van der Waals surface area contributed by atoms with Crippen molar-refractivity contribution in [3.05, 3.63) is 29.8 Å². The zero-order valence-corrected chi connectivity index (χ0v) is 13.4. The number of carbonyl (C=O) groups is 2.